The fourth-order valence-electron chi connectivity index (χ4n) is 0.845. The predicted octanol–water partition coefficient (Wildman–Crippen LogP) is -0.777. The largest absolute Gasteiger partial charge is 0.363 e. The Hall–Kier alpha value is -1.98. The molecule has 60 valence electrons. The minimum Gasteiger partial charge on any atom is -0.363 e. The van der Waals surface area contributed by atoms with Crippen molar-refractivity contribution in [2.75, 3.05) is 0 Å². The Bertz CT molecular complexity index is 434. The van der Waals surface area contributed by atoms with Gasteiger partial charge in [-0.2, -0.15) is 0 Å². The zero-order chi connectivity index (χ0) is 8.55. The molecule has 0 aliphatic heterocycles. The Morgan fingerprint density at radius 2 is 2.33 bits per heavy atom. The van der Waals surface area contributed by atoms with Crippen molar-refractivity contribution in [3.05, 3.63) is 24.4 Å². The van der Waals surface area contributed by atoms with Gasteiger partial charge in [-0.25, -0.2) is 14.5 Å². The molecule has 0 saturated carbocycles. The van der Waals surface area contributed by atoms with E-state index >= 15 is 0 Å². The van der Waals surface area contributed by atoms with Gasteiger partial charge in [-0.05, 0) is 0 Å². The average molecular weight is 163 g/mol. The fourth-order valence-corrected chi connectivity index (χ4v) is 0.845. The van der Waals surface area contributed by atoms with Gasteiger partial charge < -0.3 is 5.73 Å². The van der Waals surface area contributed by atoms with E-state index in [2.05, 4.69) is 15.1 Å². The van der Waals surface area contributed by atoms with Crippen molar-refractivity contribution >= 4 is 11.6 Å². The van der Waals surface area contributed by atoms with Crippen LogP contribution in [0.15, 0.2) is 18.6 Å². The number of rotatable bonds is 1. The lowest BCUT2D eigenvalue weighted by molar-refractivity contribution is 0.0989. The highest BCUT2D eigenvalue weighted by Gasteiger charge is 2.04. The third-order valence-electron chi connectivity index (χ3n) is 1.37. The van der Waals surface area contributed by atoms with E-state index in [0.29, 0.717) is 5.65 Å². The first kappa shape index (κ1) is 6.71. The smallest absolute Gasteiger partial charge is 0.288 e. The van der Waals surface area contributed by atoms with E-state index < -0.39 is 5.91 Å². The summed E-state index contributed by atoms with van der Waals surface area (Å²) in [4.78, 5) is 18.2. The van der Waals surface area contributed by atoms with Crippen LogP contribution in [0.3, 0.4) is 0 Å². The Morgan fingerprint density at radius 1 is 1.50 bits per heavy atom. The molecule has 0 aliphatic carbocycles. The number of hydrogen-bond donors (Lipinski definition) is 1. The second kappa shape index (κ2) is 2.26. The highest BCUT2D eigenvalue weighted by atomic mass is 16.1. The van der Waals surface area contributed by atoms with Crippen molar-refractivity contribution in [3.8, 4) is 0 Å². The maximum atomic E-state index is 10.6. The monoisotopic (exact) mass is 163 g/mol. The van der Waals surface area contributed by atoms with Gasteiger partial charge in [-0.15, -0.1) is 5.10 Å². The van der Waals surface area contributed by atoms with Crippen LogP contribution in [0.25, 0.3) is 5.65 Å². The van der Waals surface area contributed by atoms with Crippen molar-refractivity contribution < 1.29 is 4.79 Å². The molecular weight excluding hydrogens is 158 g/mol. The summed E-state index contributed by atoms with van der Waals surface area (Å²) in [5.74, 6) is -0.661. The Labute approximate surface area is 67.0 Å². The Kier molecular flexibility index (Phi) is 1.26. The van der Waals surface area contributed by atoms with Gasteiger partial charge >= 0.3 is 0 Å². The third-order valence-corrected chi connectivity index (χ3v) is 1.37. The van der Waals surface area contributed by atoms with Crippen LogP contribution < -0.4 is 5.73 Å². The first-order valence-electron chi connectivity index (χ1n) is 3.23. The normalized spacial score (nSPS) is 10.3. The van der Waals surface area contributed by atoms with Crippen molar-refractivity contribution in [2.45, 2.75) is 0 Å². The number of fused-ring (bicyclic) bond motifs is 1. The number of carbonyl (C=O) groups is 1. The van der Waals surface area contributed by atoms with E-state index in [1.54, 1.807) is 12.4 Å². The predicted molar refractivity (Wildman–Crippen MR) is 39.3 cm³/mol. The van der Waals surface area contributed by atoms with Crippen molar-refractivity contribution in [2.24, 2.45) is 5.73 Å². The van der Waals surface area contributed by atoms with E-state index in [0.717, 1.165) is 0 Å². The zero-order valence-corrected chi connectivity index (χ0v) is 6.01. The number of amides is 1. The fraction of sp³-hybridized carbons (Fsp3) is 0. The summed E-state index contributed by atoms with van der Waals surface area (Å²) in [5, 5.41) is 3.80. The molecule has 0 unspecified atom stereocenters. The van der Waals surface area contributed by atoms with Crippen LogP contribution in [0.2, 0.25) is 0 Å². The van der Waals surface area contributed by atoms with E-state index in [1.807, 2.05) is 0 Å². The second-order valence-corrected chi connectivity index (χ2v) is 2.18. The number of aromatic nitrogens is 4. The van der Waals surface area contributed by atoms with Gasteiger partial charge in [0.15, 0.2) is 5.65 Å². The van der Waals surface area contributed by atoms with Gasteiger partial charge in [-0.1, -0.05) is 0 Å². The van der Waals surface area contributed by atoms with Crippen LogP contribution in [-0.2, 0) is 0 Å². The first-order valence-corrected chi connectivity index (χ1v) is 3.23. The topological polar surface area (TPSA) is 86.2 Å². The maximum absolute atomic E-state index is 10.6. The van der Waals surface area contributed by atoms with Crippen LogP contribution in [-0.4, -0.2) is 25.5 Å². The zero-order valence-electron chi connectivity index (χ0n) is 6.01. The first-order chi connectivity index (χ1) is 5.77. The van der Waals surface area contributed by atoms with Crippen LogP contribution >= 0.6 is 0 Å². The molecule has 0 radical (unpaired) electrons. The number of primary amides is 1. The summed E-state index contributed by atoms with van der Waals surface area (Å²) in [5.41, 5.74) is 5.56. The quantitative estimate of drug-likeness (QED) is 0.597. The van der Waals surface area contributed by atoms with Crippen molar-refractivity contribution in [1.82, 2.24) is 19.6 Å². The van der Waals surface area contributed by atoms with Gasteiger partial charge in [0.05, 0.1) is 6.20 Å². The lowest BCUT2D eigenvalue weighted by atomic mass is 10.6. The highest BCUT2D eigenvalue weighted by molar-refractivity contribution is 5.88. The SMILES string of the molecule is NC(=O)c1ncc2nccn2n1. The van der Waals surface area contributed by atoms with Gasteiger partial charge in [0.25, 0.3) is 5.91 Å². The molecule has 0 aliphatic rings. The van der Waals surface area contributed by atoms with E-state index in [9.17, 15) is 4.79 Å². The van der Waals surface area contributed by atoms with E-state index in [-0.39, 0.29) is 5.82 Å². The maximum Gasteiger partial charge on any atom is 0.288 e. The molecule has 2 rings (SSSR count). The molecule has 1 amide bonds. The lowest BCUT2D eigenvalue weighted by Crippen LogP contribution is -2.16. The molecule has 0 atom stereocenters. The number of nitrogens with zero attached hydrogens (tertiary/aromatic N) is 4. The Morgan fingerprint density at radius 3 is 3.08 bits per heavy atom. The highest BCUT2D eigenvalue weighted by Crippen LogP contribution is 1.95. The number of carbonyl (C=O) groups excluding carboxylic acids is 1. The molecule has 6 nitrogen and oxygen atoms in total. The summed E-state index contributed by atoms with van der Waals surface area (Å²) in [6.07, 6.45) is 4.62. The lowest BCUT2D eigenvalue weighted by Gasteiger charge is -1.93. The molecule has 6 heteroatoms. The molecule has 12 heavy (non-hydrogen) atoms. The van der Waals surface area contributed by atoms with Crippen LogP contribution in [0.5, 0.6) is 0 Å². The molecule has 0 saturated heterocycles. The number of nitrogens with two attached hydrogens (primary N) is 1. The van der Waals surface area contributed by atoms with Crippen LogP contribution in [0.1, 0.15) is 10.6 Å². The minimum atomic E-state index is -0.648. The number of hydrogen-bond acceptors (Lipinski definition) is 4. The standard InChI is InChI=1S/C6H5N5O/c7-5(12)6-9-3-4-8-1-2-11(4)10-6/h1-3H,(H2,7,12). The molecule has 0 fully saturated rings. The summed E-state index contributed by atoms with van der Waals surface area (Å²) in [7, 11) is 0. The summed E-state index contributed by atoms with van der Waals surface area (Å²) in [6.45, 7) is 0. The summed E-state index contributed by atoms with van der Waals surface area (Å²) in [6, 6.07) is 0. The summed E-state index contributed by atoms with van der Waals surface area (Å²) < 4.78 is 1.44. The average Bonchev–Trinajstić information content (AvgIpc) is 2.49. The van der Waals surface area contributed by atoms with Crippen molar-refractivity contribution in [1.29, 1.82) is 0 Å². The molecule has 0 spiro atoms. The van der Waals surface area contributed by atoms with Gasteiger partial charge in [0.2, 0.25) is 5.82 Å². The molecular formula is C6H5N5O. The van der Waals surface area contributed by atoms with E-state index in [4.69, 9.17) is 5.73 Å². The molecule has 2 heterocycles. The molecule has 2 N–H and O–H groups in total. The van der Waals surface area contributed by atoms with Crippen LogP contribution in [0.4, 0.5) is 0 Å². The molecule has 0 bridgehead atoms. The van der Waals surface area contributed by atoms with Gasteiger partial charge in [-0.3, -0.25) is 4.79 Å². The number of imidazole rings is 1. The van der Waals surface area contributed by atoms with Crippen molar-refractivity contribution in [3.63, 3.8) is 0 Å². The minimum absolute atomic E-state index is 0.0134. The van der Waals surface area contributed by atoms with Gasteiger partial charge in [0.1, 0.15) is 0 Å². The molecule has 2 aromatic heterocycles. The third kappa shape index (κ3) is 0.895. The van der Waals surface area contributed by atoms with E-state index in [1.165, 1.54) is 10.7 Å². The molecule has 2 aromatic rings. The summed E-state index contributed by atoms with van der Waals surface area (Å²) >= 11 is 0. The molecule has 0 aromatic carbocycles. The second-order valence-electron chi connectivity index (χ2n) is 2.18. The van der Waals surface area contributed by atoms with Crippen LogP contribution in [0, 0.1) is 0 Å². The Balaban J connectivity index is 2.68. The van der Waals surface area contributed by atoms with Gasteiger partial charge in [0, 0.05) is 12.4 Å².